The van der Waals surface area contributed by atoms with Gasteiger partial charge in [-0.1, -0.05) is 12.1 Å². The lowest BCUT2D eigenvalue weighted by Crippen LogP contribution is -2.30. The molecule has 2 N–H and O–H groups in total. The van der Waals surface area contributed by atoms with Crippen LogP contribution in [0.25, 0.3) is 0 Å². The zero-order valence-corrected chi connectivity index (χ0v) is 10.3. The molecule has 3 heteroatoms. The number of ether oxygens (including phenoxy) is 2. The lowest BCUT2D eigenvalue weighted by Gasteiger charge is -2.17. The van der Waals surface area contributed by atoms with Gasteiger partial charge in [-0.2, -0.15) is 0 Å². The molecular formula is C13H21NO2. The highest BCUT2D eigenvalue weighted by atomic mass is 16.5. The summed E-state index contributed by atoms with van der Waals surface area (Å²) in [5.41, 5.74) is 8.00. The van der Waals surface area contributed by atoms with Gasteiger partial charge in [-0.15, -0.1) is 0 Å². The van der Waals surface area contributed by atoms with Gasteiger partial charge in [-0.25, -0.2) is 0 Å². The zero-order valence-electron chi connectivity index (χ0n) is 10.3. The highest BCUT2D eigenvalue weighted by Gasteiger charge is 2.08. The van der Waals surface area contributed by atoms with E-state index in [1.807, 2.05) is 19.1 Å². The topological polar surface area (TPSA) is 44.5 Å². The van der Waals surface area contributed by atoms with Crippen LogP contribution in [0.4, 0.5) is 0 Å². The van der Waals surface area contributed by atoms with Gasteiger partial charge in [-0.3, -0.25) is 0 Å². The second-order valence-electron chi connectivity index (χ2n) is 3.82. The standard InChI is InChI=1S/C13H21NO2/c1-4-15-12(8-14)9-16-13-7-5-6-10(2)11(13)3/h5-7,12H,4,8-9,14H2,1-3H3. The average molecular weight is 223 g/mol. The minimum atomic E-state index is -0.0232. The summed E-state index contributed by atoms with van der Waals surface area (Å²) in [6.07, 6.45) is -0.0232. The first-order chi connectivity index (χ1) is 7.69. The Labute approximate surface area is 97.6 Å². The van der Waals surface area contributed by atoms with Gasteiger partial charge in [0.25, 0.3) is 0 Å². The molecule has 0 spiro atoms. The number of rotatable bonds is 6. The minimum Gasteiger partial charge on any atom is -0.491 e. The molecule has 0 aliphatic rings. The van der Waals surface area contributed by atoms with E-state index in [9.17, 15) is 0 Å². The Morgan fingerprint density at radius 1 is 1.31 bits per heavy atom. The molecule has 0 aliphatic carbocycles. The van der Waals surface area contributed by atoms with E-state index in [1.165, 1.54) is 11.1 Å². The van der Waals surface area contributed by atoms with Crippen molar-refractivity contribution in [3.63, 3.8) is 0 Å². The molecule has 0 aromatic heterocycles. The Hall–Kier alpha value is -1.06. The third-order valence-electron chi connectivity index (χ3n) is 2.64. The zero-order chi connectivity index (χ0) is 12.0. The molecule has 90 valence electrons. The molecule has 1 aromatic rings. The molecular weight excluding hydrogens is 202 g/mol. The van der Waals surface area contributed by atoms with Gasteiger partial charge >= 0.3 is 0 Å². The van der Waals surface area contributed by atoms with Crippen LogP contribution in [-0.4, -0.2) is 25.9 Å². The maximum atomic E-state index is 5.72. The maximum Gasteiger partial charge on any atom is 0.122 e. The van der Waals surface area contributed by atoms with Gasteiger partial charge in [0.15, 0.2) is 0 Å². The molecule has 1 atom stereocenters. The summed E-state index contributed by atoms with van der Waals surface area (Å²) in [6.45, 7) is 7.75. The van der Waals surface area contributed by atoms with Crippen LogP contribution in [0, 0.1) is 13.8 Å². The monoisotopic (exact) mass is 223 g/mol. The molecule has 0 saturated heterocycles. The third-order valence-corrected chi connectivity index (χ3v) is 2.64. The van der Waals surface area contributed by atoms with Crippen LogP contribution in [-0.2, 0) is 4.74 Å². The van der Waals surface area contributed by atoms with Crippen LogP contribution >= 0.6 is 0 Å². The molecule has 0 amide bonds. The predicted molar refractivity (Wildman–Crippen MR) is 65.9 cm³/mol. The summed E-state index contributed by atoms with van der Waals surface area (Å²) in [4.78, 5) is 0. The van der Waals surface area contributed by atoms with Crippen molar-refractivity contribution in [3.05, 3.63) is 29.3 Å². The first-order valence-electron chi connectivity index (χ1n) is 5.69. The van der Waals surface area contributed by atoms with Crippen LogP contribution in [0.5, 0.6) is 5.75 Å². The number of benzene rings is 1. The largest absolute Gasteiger partial charge is 0.491 e. The summed E-state index contributed by atoms with van der Waals surface area (Å²) in [5, 5.41) is 0. The Morgan fingerprint density at radius 3 is 2.69 bits per heavy atom. The minimum absolute atomic E-state index is 0.0232. The van der Waals surface area contributed by atoms with Gasteiger partial charge in [0.05, 0.1) is 0 Å². The van der Waals surface area contributed by atoms with E-state index in [2.05, 4.69) is 19.9 Å². The van der Waals surface area contributed by atoms with Crippen molar-refractivity contribution >= 4 is 0 Å². The van der Waals surface area contributed by atoms with E-state index in [0.29, 0.717) is 19.8 Å². The van der Waals surface area contributed by atoms with Crippen LogP contribution < -0.4 is 10.5 Å². The maximum absolute atomic E-state index is 5.72. The Balaban J connectivity index is 2.56. The van der Waals surface area contributed by atoms with Gasteiger partial charge in [-0.05, 0) is 38.0 Å². The summed E-state index contributed by atoms with van der Waals surface area (Å²) in [5.74, 6) is 0.915. The lowest BCUT2D eigenvalue weighted by atomic mass is 10.1. The van der Waals surface area contributed by atoms with Crippen molar-refractivity contribution in [1.29, 1.82) is 0 Å². The third kappa shape index (κ3) is 3.51. The second-order valence-corrected chi connectivity index (χ2v) is 3.82. The van der Waals surface area contributed by atoms with Crippen LogP contribution in [0.15, 0.2) is 18.2 Å². The van der Waals surface area contributed by atoms with Gasteiger partial charge < -0.3 is 15.2 Å². The van der Waals surface area contributed by atoms with E-state index in [-0.39, 0.29) is 6.10 Å². The van der Waals surface area contributed by atoms with Crippen molar-refractivity contribution in [1.82, 2.24) is 0 Å². The highest BCUT2D eigenvalue weighted by molar-refractivity contribution is 5.38. The first kappa shape index (κ1) is 13.0. The molecule has 3 nitrogen and oxygen atoms in total. The molecule has 0 fully saturated rings. The van der Waals surface area contributed by atoms with Crippen LogP contribution in [0.1, 0.15) is 18.1 Å². The number of hydrogen-bond acceptors (Lipinski definition) is 3. The van der Waals surface area contributed by atoms with Crippen molar-refractivity contribution < 1.29 is 9.47 Å². The fourth-order valence-electron chi connectivity index (χ4n) is 1.48. The van der Waals surface area contributed by atoms with Gasteiger partial charge in [0.2, 0.25) is 0 Å². The van der Waals surface area contributed by atoms with Crippen molar-refractivity contribution in [3.8, 4) is 5.75 Å². The Kier molecular flexibility index (Phi) is 5.29. The molecule has 1 unspecified atom stereocenters. The molecule has 1 rings (SSSR count). The van der Waals surface area contributed by atoms with Gasteiger partial charge in [0.1, 0.15) is 18.5 Å². The predicted octanol–water partition coefficient (Wildman–Crippen LogP) is 2.05. The molecule has 16 heavy (non-hydrogen) atoms. The fraction of sp³-hybridized carbons (Fsp3) is 0.538. The van der Waals surface area contributed by atoms with Crippen LogP contribution in [0.3, 0.4) is 0 Å². The average Bonchev–Trinajstić information content (AvgIpc) is 2.29. The summed E-state index contributed by atoms with van der Waals surface area (Å²) in [7, 11) is 0. The Bertz CT molecular complexity index is 326. The highest BCUT2D eigenvalue weighted by Crippen LogP contribution is 2.20. The molecule has 0 radical (unpaired) electrons. The molecule has 0 aliphatic heterocycles. The SMILES string of the molecule is CCOC(CN)COc1cccc(C)c1C. The van der Waals surface area contributed by atoms with E-state index in [4.69, 9.17) is 15.2 Å². The number of nitrogens with two attached hydrogens (primary N) is 1. The van der Waals surface area contributed by atoms with Crippen molar-refractivity contribution in [2.45, 2.75) is 26.9 Å². The summed E-state index contributed by atoms with van der Waals surface area (Å²) >= 11 is 0. The summed E-state index contributed by atoms with van der Waals surface area (Å²) < 4.78 is 11.2. The normalized spacial score (nSPS) is 12.5. The van der Waals surface area contributed by atoms with Crippen LogP contribution in [0.2, 0.25) is 0 Å². The second kappa shape index (κ2) is 6.51. The van der Waals surface area contributed by atoms with Gasteiger partial charge in [0, 0.05) is 13.2 Å². The van der Waals surface area contributed by atoms with E-state index in [1.54, 1.807) is 0 Å². The smallest absolute Gasteiger partial charge is 0.122 e. The number of hydrogen-bond donors (Lipinski definition) is 1. The van der Waals surface area contributed by atoms with E-state index in [0.717, 1.165) is 5.75 Å². The molecule has 1 aromatic carbocycles. The molecule has 0 bridgehead atoms. The molecule has 0 heterocycles. The van der Waals surface area contributed by atoms with E-state index < -0.39 is 0 Å². The fourth-order valence-corrected chi connectivity index (χ4v) is 1.48. The quantitative estimate of drug-likeness (QED) is 0.802. The van der Waals surface area contributed by atoms with Crippen molar-refractivity contribution in [2.75, 3.05) is 19.8 Å². The Morgan fingerprint density at radius 2 is 2.06 bits per heavy atom. The number of aryl methyl sites for hydroxylation is 1. The summed E-state index contributed by atoms with van der Waals surface area (Å²) in [6, 6.07) is 6.04. The molecule has 0 saturated carbocycles. The first-order valence-corrected chi connectivity index (χ1v) is 5.69. The lowest BCUT2D eigenvalue weighted by molar-refractivity contribution is 0.0335. The van der Waals surface area contributed by atoms with Crippen molar-refractivity contribution in [2.24, 2.45) is 5.73 Å². The van der Waals surface area contributed by atoms with E-state index >= 15 is 0 Å².